The van der Waals surface area contributed by atoms with Gasteiger partial charge in [-0.25, -0.2) is 9.97 Å². The lowest BCUT2D eigenvalue weighted by Crippen LogP contribution is -2.14. The largest absolute Gasteiger partial charge is 0.378 e. The highest BCUT2D eigenvalue weighted by Crippen LogP contribution is 2.24. The van der Waals surface area contributed by atoms with Crippen LogP contribution < -0.4 is 15.5 Å². The van der Waals surface area contributed by atoms with E-state index in [0.29, 0.717) is 11.4 Å². The highest BCUT2D eigenvalue weighted by Gasteiger charge is 2.09. The number of hydrogen-bond donors (Lipinski definition) is 2. The normalized spacial score (nSPS) is 10.4. The van der Waals surface area contributed by atoms with Crippen molar-refractivity contribution in [2.45, 2.75) is 0 Å². The van der Waals surface area contributed by atoms with Crippen molar-refractivity contribution < 1.29 is 4.79 Å². The van der Waals surface area contributed by atoms with Crippen LogP contribution in [0.3, 0.4) is 0 Å². The zero-order chi connectivity index (χ0) is 21.6. The van der Waals surface area contributed by atoms with E-state index < -0.39 is 0 Å². The Hall–Kier alpha value is -4.19. The topological polar surface area (TPSA) is 70.2 Å². The predicted molar refractivity (Wildman–Crippen MR) is 126 cm³/mol. The summed E-state index contributed by atoms with van der Waals surface area (Å²) in [5, 5.41) is 6.17. The number of nitrogens with one attached hydrogen (secondary N) is 2. The van der Waals surface area contributed by atoms with Gasteiger partial charge < -0.3 is 15.5 Å². The van der Waals surface area contributed by atoms with Crippen molar-refractivity contribution in [2.75, 3.05) is 29.6 Å². The molecule has 0 unspecified atom stereocenters. The molecule has 2 aromatic heterocycles. The maximum atomic E-state index is 12.6. The molecule has 0 fully saturated rings. The van der Waals surface area contributed by atoms with Crippen LogP contribution in [0.1, 0.15) is 10.4 Å². The van der Waals surface area contributed by atoms with Crippen LogP contribution in [-0.4, -0.2) is 30.0 Å². The number of aromatic nitrogens is 2. The highest BCUT2D eigenvalue weighted by molar-refractivity contribution is 6.04. The van der Waals surface area contributed by atoms with Gasteiger partial charge in [-0.3, -0.25) is 4.79 Å². The quantitative estimate of drug-likeness (QED) is 0.458. The third-order valence-corrected chi connectivity index (χ3v) is 4.79. The lowest BCUT2D eigenvalue weighted by Gasteiger charge is -2.12. The average molecular weight is 409 g/mol. The molecule has 0 aliphatic heterocycles. The number of anilines is 4. The number of hydrogen-bond acceptors (Lipinski definition) is 5. The summed E-state index contributed by atoms with van der Waals surface area (Å²) in [5.74, 6) is 1.04. The first-order chi connectivity index (χ1) is 15.1. The summed E-state index contributed by atoms with van der Waals surface area (Å²) in [5.41, 5.74) is 4.49. The lowest BCUT2D eigenvalue weighted by molar-refractivity contribution is 0.102. The van der Waals surface area contributed by atoms with Gasteiger partial charge in [0.25, 0.3) is 5.91 Å². The minimum absolute atomic E-state index is 0.198. The second kappa shape index (κ2) is 9.09. The fourth-order valence-electron chi connectivity index (χ4n) is 3.13. The standard InChI is InChI=1S/C25H23N5O/c1-30(2)22-10-8-18(9-11-22)25(31)29-24-17-20(13-15-27-24)19-12-14-26-23(16-19)28-21-6-4-3-5-7-21/h3-17H,1-2H3,(H,26,28)(H,27,29,31). The minimum Gasteiger partial charge on any atom is -0.378 e. The minimum atomic E-state index is -0.198. The Bertz CT molecular complexity index is 1170. The van der Waals surface area contributed by atoms with Gasteiger partial charge in [0, 0.05) is 43.4 Å². The monoisotopic (exact) mass is 409 g/mol. The van der Waals surface area contributed by atoms with Gasteiger partial charge in [0.15, 0.2) is 0 Å². The molecule has 4 aromatic rings. The summed E-state index contributed by atoms with van der Waals surface area (Å²) in [6, 6.07) is 25.0. The maximum absolute atomic E-state index is 12.6. The number of carbonyl (C=O) groups is 1. The molecule has 2 aromatic carbocycles. The molecule has 0 bridgehead atoms. The van der Waals surface area contributed by atoms with Gasteiger partial charge in [-0.2, -0.15) is 0 Å². The molecular formula is C25H23N5O. The molecule has 0 spiro atoms. The Balaban J connectivity index is 1.50. The van der Waals surface area contributed by atoms with Crippen molar-refractivity contribution in [3.8, 4) is 11.1 Å². The van der Waals surface area contributed by atoms with Crippen molar-refractivity contribution in [1.82, 2.24) is 9.97 Å². The van der Waals surface area contributed by atoms with Gasteiger partial charge >= 0.3 is 0 Å². The van der Waals surface area contributed by atoms with E-state index in [4.69, 9.17) is 0 Å². The Kier molecular flexibility index (Phi) is 5.89. The molecule has 4 rings (SSSR count). The van der Waals surface area contributed by atoms with Crippen molar-refractivity contribution in [3.05, 3.63) is 96.8 Å². The lowest BCUT2D eigenvalue weighted by atomic mass is 10.1. The van der Waals surface area contributed by atoms with Crippen molar-refractivity contribution in [1.29, 1.82) is 0 Å². The molecule has 0 aliphatic carbocycles. The fraction of sp³-hybridized carbons (Fsp3) is 0.0800. The van der Waals surface area contributed by atoms with E-state index in [0.717, 1.165) is 28.3 Å². The van der Waals surface area contributed by atoms with Crippen LogP contribution in [0.25, 0.3) is 11.1 Å². The first-order valence-corrected chi connectivity index (χ1v) is 9.92. The van der Waals surface area contributed by atoms with Crippen LogP contribution in [0.4, 0.5) is 23.0 Å². The molecule has 2 heterocycles. The van der Waals surface area contributed by atoms with Crippen molar-refractivity contribution in [3.63, 3.8) is 0 Å². The summed E-state index contributed by atoms with van der Waals surface area (Å²) < 4.78 is 0. The predicted octanol–water partition coefficient (Wildman–Crippen LogP) is 5.21. The van der Waals surface area contributed by atoms with Gasteiger partial charge in [0.1, 0.15) is 11.6 Å². The molecule has 31 heavy (non-hydrogen) atoms. The molecule has 6 heteroatoms. The second-order valence-electron chi connectivity index (χ2n) is 7.25. The number of nitrogens with zero attached hydrogens (tertiary/aromatic N) is 3. The molecule has 0 aliphatic rings. The van der Waals surface area contributed by atoms with Gasteiger partial charge in [-0.15, -0.1) is 0 Å². The van der Waals surface area contributed by atoms with E-state index in [1.807, 2.05) is 85.7 Å². The summed E-state index contributed by atoms with van der Waals surface area (Å²) >= 11 is 0. The molecule has 2 N–H and O–H groups in total. The average Bonchev–Trinajstić information content (AvgIpc) is 2.80. The summed E-state index contributed by atoms with van der Waals surface area (Å²) in [6.45, 7) is 0. The molecule has 6 nitrogen and oxygen atoms in total. The van der Waals surface area contributed by atoms with E-state index >= 15 is 0 Å². The van der Waals surface area contributed by atoms with E-state index in [2.05, 4.69) is 20.6 Å². The van der Waals surface area contributed by atoms with Crippen LogP contribution in [0.5, 0.6) is 0 Å². The third-order valence-electron chi connectivity index (χ3n) is 4.79. The van der Waals surface area contributed by atoms with Gasteiger partial charge in [0.2, 0.25) is 0 Å². The first-order valence-electron chi connectivity index (χ1n) is 9.92. The Labute approximate surface area is 181 Å². The molecule has 0 radical (unpaired) electrons. The Morgan fingerprint density at radius 2 is 1.39 bits per heavy atom. The molecule has 154 valence electrons. The number of amides is 1. The second-order valence-corrected chi connectivity index (χ2v) is 7.25. The number of benzene rings is 2. The van der Waals surface area contributed by atoms with Crippen molar-refractivity contribution in [2.24, 2.45) is 0 Å². The fourth-order valence-corrected chi connectivity index (χ4v) is 3.13. The molecule has 0 atom stereocenters. The van der Waals surface area contributed by atoms with Crippen LogP contribution in [0.15, 0.2) is 91.3 Å². The highest BCUT2D eigenvalue weighted by atomic mass is 16.1. The van der Waals surface area contributed by atoms with E-state index in [9.17, 15) is 4.79 Å². The zero-order valence-electron chi connectivity index (χ0n) is 17.4. The molecule has 0 saturated heterocycles. The first kappa shape index (κ1) is 20.1. The van der Waals surface area contributed by atoms with Gasteiger partial charge in [0.05, 0.1) is 0 Å². The molecule has 1 amide bonds. The summed E-state index contributed by atoms with van der Waals surface area (Å²) in [7, 11) is 3.93. The smallest absolute Gasteiger partial charge is 0.256 e. The maximum Gasteiger partial charge on any atom is 0.256 e. The molecule has 0 saturated carbocycles. The Morgan fingerprint density at radius 3 is 2.03 bits per heavy atom. The van der Waals surface area contributed by atoms with E-state index in [1.54, 1.807) is 24.5 Å². The van der Waals surface area contributed by atoms with E-state index in [1.165, 1.54) is 0 Å². The zero-order valence-corrected chi connectivity index (χ0v) is 17.4. The van der Waals surface area contributed by atoms with Gasteiger partial charge in [-0.05, 0) is 71.8 Å². The summed E-state index contributed by atoms with van der Waals surface area (Å²) in [6.07, 6.45) is 3.44. The number of rotatable bonds is 6. The SMILES string of the molecule is CN(C)c1ccc(C(=O)Nc2cc(-c3ccnc(Nc4ccccc4)c3)ccn2)cc1. The number of carbonyl (C=O) groups excluding carboxylic acids is 1. The van der Waals surface area contributed by atoms with Crippen LogP contribution in [0.2, 0.25) is 0 Å². The van der Waals surface area contributed by atoms with E-state index in [-0.39, 0.29) is 5.91 Å². The van der Waals surface area contributed by atoms with Crippen molar-refractivity contribution >= 4 is 28.9 Å². The van der Waals surface area contributed by atoms with Gasteiger partial charge in [-0.1, -0.05) is 18.2 Å². The van der Waals surface area contributed by atoms with Crippen LogP contribution in [0, 0.1) is 0 Å². The number of pyridine rings is 2. The third kappa shape index (κ3) is 5.05. The van der Waals surface area contributed by atoms with Crippen LogP contribution in [-0.2, 0) is 0 Å². The van der Waals surface area contributed by atoms with Crippen LogP contribution >= 0.6 is 0 Å². The molecular weight excluding hydrogens is 386 g/mol. The Morgan fingerprint density at radius 1 is 0.774 bits per heavy atom. The summed E-state index contributed by atoms with van der Waals surface area (Å²) in [4.78, 5) is 23.3. The number of para-hydroxylation sites is 1.